The Hall–Kier alpha value is -1.93. The van der Waals surface area contributed by atoms with Gasteiger partial charge in [-0.05, 0) is 63.3 Å². The molecule has 0 fully saturated rings. The third-order valence-electron chi connectivity index (χ3n) is 4.39. The Morgan fingerprint density at radius 3 is 2.76 bits per heavy atom. The minimum Gasteiger partial charge on any atom is -0.507 e. The lowest BCUT2D eigenvalue weighted by atomic mass is 10.0. The molecule has 3 N–H and O–H groups in total. The molecule has 5 nitrogen and oxygen atoms in total. The van der Waals surface area contributed by atoms with Crippen LogP contribution in [0.25, 0.3) is 22.4 Å². The molecule has 0 amide bonds. The number of nitrogens with one attached hydrogen (secondary N) is 1. The van der Waals surface area contributed by atoms with Crippen LogP contribution < -0.4 is 5.32 Å². The van der Waals surface area contributed by atoms with Crippen LogP contribution in [0.2, 0.25) is 0 Å². The quantitative estimate of drug-likeness (QED) is 0.356. The Labute approximate surface area is 183 Å². The zero-order valence-electron chi connectivity index (χ0n) is 16.5. The van der Waals surface area contributed by atoms with Crippen LogP contribution >= 0.6 is 27.3 Å². The highest BCUT2D eigenvalue weighted by Gasteiger charge is 2.11. The molecular formula is C22H25BrN2O3S. The number of aromatic nitrogens is 1. The Morgan fingerprint density at radius 1 is 1.21 bits per heavy atom. The molecule has 3 rings (SSSR count). The molecule has 0 aliphatic heterocycles. The number of aliphatic hydroxyl groups excluding tert-OH is 1. The van der Waals surface area contributed by atoms with Crippen molar-refractivity contribution < 1.29 is 14.9 Å². The zero-order valence-corrected chi connectivity index (χ0v) is 18.9. The molecule has 1 aromatic heterocycles. The number of phenols is 1. The Bertz CT molecular complexity index is 1000. The molecule has 0 radical (unpaired) electrons. The van der Waals surface area contributed by atoms with E-state index in [1.54, 1.807) is 17.4 Å². The molecule has 0 saturated heterocycles. The number of thiazole rings is 1. The summed E-state index contributed by atoms with van der Waals surface area (Å²) in [6.07, 6.45) is 3.98. The smallest absolute Gasteiger partial charge is 0.129 e. The largest absolute Gasteiger partial charge is 0.507 e. The highest BCUT2D eigenvalue weighted by Crippen LogP contribution is 2.33. The number of fused-ring (bicyclic) bond motifs is 1. The van der Waals surface area contributed by atoms with E-state index < -0.39 is 0 Å². The van der Waals surface area contributed by atoms with Crippen LogP contribution in [0.4, 0.5) is 5.69 Å². The van der Waals surface area contributed by atoms with E-state index >= 15 is 0 Å². The first-order valence-electron chi connectivity index (χ1n) is 9.51. The van der Waals surface area contributed by atoms with Gasteiger partial charge in [-0.2, -0.15) is 0 Å². The van der Waals surface area contributed by atoms with Crippen LogP contribution in [-0.2, 0) is 4.74 Å². The summed E-state index contributed by atoms with van der Waals surface area (Å²) in [5.74, 6) is 0.598. The minimum absolute atomic E-state index is 0.0431. The molecule has 0 bridgehead atoms. The summed E-state index contributed by atoms with van der Waals surface area (Å²) in [5.41, 5.74) is 4.30. The van der Waals surface area contributed by atoms with E-state index in [4.69, 9.17) is 14.8 Å². The standard InChI is InChI=1S/C22H25BrN2O3S/c1-14(2)16-12-19-21(13-18(16)24-7-9-28-10-8-26)29-22(25-19)6-4-15-3-5-20(27)17(23)11-15/h3-6,11-14,24,26-27H,7-10H2,1-2H3/b6-4+. The second-order valence-electron chi connectivity index (χ2n) is 6.92. The molecule has 7 heteroatoms. The number of aromatic hydroxyl groups is 1. The van der Waals surface area contributed by atoms with Crippen molar-refractivity contribution in [1.82, 2.24) is 4.98 Å². The fourth-order valence-corrected chi connectivity index (χ4v) is 4.22. The molecule has 2 aromatic carbocycles. The van der Waals surface area contributed by atoms with Crippen molar-refractivity contribution in [2.75, 3.05) is 31.7 Å². The summed E-state index contributed by atoms with van der Waals surface area (Å²) >= 11 is 4.98. The number of hydrogen-bond donors (Lipinski definition) is 3. The maximum absolute atomic E-state index is 9.62. The van der Waals surface area contributed by atoms with Crippen molar-refractivity contribution in [2.24, 2.45) is 0 Å². The number of halogens is 1. The van der Waals surface area contributed by atoms with E-state index in [2.05, 4.69) is 47.2 Å². The lowest BCUT2D eigenvalue weighted by molar-refractivity contribution is 0.0992. The van der Waals surface area contributed by atoms with Gasteiger partial charge in [0.1, 0.15) is 10.8 Å². The van der Waals surface area contributed by atoms with E-state index in [0.717, 1.165) is 26.5 Å². The lowest BCUT2D eigenvalue weighted by Crippen LogP contribution is -2.12. The van der Waals surface area contributed by atoms with Gasteiger partial charge in [-0.25, -0.2) is 4.98 Å². The van der Waals surface area contributed by atoms with Crippen molar-refractivity contribution in [3.8, 4) is 5.75 Å². The van der Waals surface area contributed by atoms with Crippen molar-refractivity contribution in [1.29, 1.82) is 0 Å². The van der Waals surface area contributed by atoms with E-state index in [0.29, 0.717) is 30.1 Å². The summed E-state index contributed by atoms with van der Waals surface area (Å²) in [5, 5.41) is 22.8. The first kappa shape index (κ1) is 21.8. The van der Waals surface area contributed by atoms with Crippen molar-refractivity contribution in [2.45, 2.75) is 19.8 Å². The van der Waals surface area contributed by atoms with Crippen molar-refractivity contribution in [3.05, 3.63) is 50.9 Å². The summed E-state index contributed by atoms with van der Waals surface area (Å²) in [4.78, 5) is 4.76. The molecule has 3 aromatic rings. The fraction of sp³-hybridized carbons (Fsp3) is 0.318. The van der Waals surface area contributed by atoms with Gasteiger partial charge in [0.25, 0.3) is 0 Å². The number of hydrogen-bond acceptors (Lipinski definition) is 6. The summed E-state index contributed by atoms with van der Waals surface area (Å²) in [6.45, 7) is 5.98. The van der Waals surface area contributed by atoms with Crippen LogP contribution in [0.5, 0.6) is 5.75 Å². The average Bonchev–Trinajstić information content (AvgIpc) is 3.09. The van der Waals surface area contributed by atoms with Gasteiger partial charge in [-0.1, -0.05) is 26.0 Å². The molecule has 0 unspecified atom stereocenters. The highest BCUT2D eigenvalue weighted by molar-refractivity contribution is 9.10. The van der Waals surface area contributed by atoms with E-state index in [9.17, 15) is 5.11 Å². The molecule has 29 heavy (non-hydrogen) atoms. The van der Waals surface area contributed by atoms with Gasteiger partial charge in [0.2, 0.25) is 0 Å². The van der Waals surface area contributed by atoms with Crippen molar-refractivity contribution in [3.63, 3.8) is 0 Å². The van der Waals surface area contributed by atoms with Gasteiger partial charge in [-0.3, -0.25) is 0 Å². The third kappa shape index (κ3) is 5.79. The topological polar surface area (TPSA) is 74.6 Å². The van der Waals surface area contributed by atoms with Gasteiger partial charge < -0.3 is 20.3 Å². The first-order chi connectivity index (χ1) is 14.0. The molecule has 154 valence electrons. The first-order valence-corrected chi connectivity index (χ1v) is 11.1. The number of ether oxygens (including phenoxy) is 1. The maximum atomic E-state index is 9.62. The molecule has 0 saturated carbocycles. The van der Waals surface area contributed by atoms with Gasteiger partial charge in [0, 0.05) is 12.2 Å². The number of rotatable bonds is 9. The number of benzene rings is 2. The molecular weight excluding hydrogens is 452 g/mol. The lowest BCUT2D eigenvalue weighted by Gasteiger charge is -2.15. The van der Waals surface area contributed by atoms with Crippen LogP contribution in [-0.4, -0.2) is 41.6 Å². The predicted octanol–water partition coefficient (Wildman–Crippen LogP) is 5.48. The summed E-state index contributed by atoms with van der Waals surface area (Å²) in [7, 11) is 0. The third-order valence-corrected chi connectivity index (χ3v) is 6.00. The minimum atomic E-state index is 0.0431. The van der Waals surface area contributed by atoms with Gasteiger partial charge >= 0.3 is 0 Å². The number of nitrogens with zero attached hydrogens (tertiary/aromatic N) is 1. The average molecular weight is 477 g/mol. The van der Waals surface area contributed by atoms with Crippen LogP contribution in [0.15, 0.2) is 34.8 Å². The van der Waals surface area contributed by atoms with Crippen LogP contribution in [0, 0.1) is 0 Å². The van der Waals surface area contributed by atoms with E-state index in [1.165, 1.54) is 5.56 Å². The van der Waals surface area contributed by atoms with Gasteiger partial charge in [0.05, 0.1) is 34.5 Å². The summed E-state index contributed by atoms with van der Waals surface area (Å²) < 4.78 is 7.13. The predicted molar refractivity (Wildman–Crippen MR) is 125 cm³/mol. The molecule has 1 heterocycles. The van der Waals surface area contributed by atoms with Crippen LogP contribution in [0.1, 0.15) is 35.9 Å². The van der Waals surface area contributed by atoms with Crippen molar-refractivity contribution >= 4 is 55.3 Å². The van der Waals surface area contributed by atoms with Gasteiger partial charge in [0.15, 0.2) is 0 Å². The highest BCUT2D eigenvalue weighted by atomic mass is 79.9. The molecule has 0 spiro atoms. The second kappa shape index (κ2) is 10.2. The Kier molecular flexibility index (Phi) is 7.66. The normalized spacial score (nSPS) is 11.8. The number of phenolic OH excluding ortho intramolecular Hbond substituents is 1. The van der Waals surface area contributed by atoms with Crippen LogP contribution in [0.3, 0.4) is 0 Å². The Balaban J connectivity index is 1.80. The molecule has 0 atom stereocenters. The molecule has 0 aliphatic carbocycles. The second-order valence-corrected chi connectivity index (χ2v) is 8.84. The van der Waals surface area contributed by atoms with E-state index in [1.807, 2.05) is 24.3 Å². The number of aliphatic hydroxyl groups is 1. The summed E-state index contributed by atoms with van der Waals surface area (Å²) in [6, 6.07) is 9.71. The van der Waals surface area contributed by atoms with Gasteiger partial charge in [-0.15, -0.1) is 11.3 Å². The van der Waals surface area contributed by atoms with E-state index in [-0.39, 0.29) is 12.4 Å². The maximum Gasteiger partial charge on any atom is 0.129 e. The Morgan fingerprint density at radius 2 is 2.03 bits per heavy atom. The SMILES string of the molecule is CC(C)c1cc2nc(/C=C/c3ccc(O)c(Br)c3)sc2cc1NCCOCCO. The number of anilines is 1. The zero-order chi connectivity index (χ0) is 20.8. The molecule has 0 aliphatic rings. The monoisotopic (exact) mass is 476 g/mol. The fourth-order valence-electron chi connectivity index (χ4n) is 2.93.